The van der Waals surface area contributed by atoms with Crippen molar-refractivity contribution < 1.29 is 27.6 Å². The minimum Gasteiger partial charge on any atom is -0.588 e. The number of anilines is 1. The number of fused-ring (bicyclic) bond motifs is 1. The first kappa shape index (κ1) is 26.0. The lowest BCUT2D eigenvalue weighted by Gasteiger charge is -2.38. The van der Waals surface area contributed by atoms with Gasteiger partial charge in [-0.15, -0.1) is 0 Å². The summed E-state index contributed by atoms with van der Waals surface area (Å²) in [7, 11) is 0. The number of nitrogens with one attached hydrogen (secondary N) is 1. The van der Waals surface area contributed by atoms with Crippen LogP contribution < -0.4 is 4.72 Å². The Morgan fingerprint density at radius 2 is 1.63 bits per heavy atom. The number of aliphatic hydroxyl groups is 1. The summed E-state index contributed by atoms with van der Waals surface area (Å²) in [6.07, 6.45) is -1.93. The van der Waals surface area contributed by atoms with Gasteiger partial charge in [-0.2, -0.15) is 13.2 Å². The van der Waals surface area contributed by atoms with Crippen molar-refractivity contribution in [2.45, 2.75) is 29.5 Å². The summed E-state index contributed by atoms with van der Waals surface area (Å²) >= 11 is -1.59. The Balaban J connectivity index is 1.24. The van der Waals surface area contributed by atoms with Crippen LogP contribution >= 0.6 is 0 Å². The van der Waals surface area contributed by atoms with Gasteiger partial charge >= 0.3 is 6.18 Å². The number of para-hydroxylation sites is 1. The molecule has 2 aromatic heterocycles. The number of aromatic nitrogens is 2. The highest BCUT2D eigenvalue weighted by Crippen LogP contribution is 2.40. The lowest BCUT2D eigenvalue weighted by atomic mass is 9.85. The number of carbonyl (C=O) groups excluding carboxylic acids is 1. The van der Waals surface area contributed by atoms with Gasteiger partial charge in [-0.25, -0.2) is 4.72 Å². The molecule has 2 N–H and O–H groups in total. The summed E-state index contributed by atoms with van der Waals surface area (Å²) in [6, 6.07) is 17.6. The molecule has 3 heterocycles. The maximum Gasteiger partial charge on any atom is 0.418 e. The van der Waals surface area contributed by atoms with E-state index in [0.717, 1.165) is 11.5 Å². The van der Waals surface area contributed by atoms with E-state index >= 15 is 0 Å². The average Bonchev–Trinajstić information content (AvgIpc) is 2.93. The van der Waals surface area contributed by atoms with Crippen molar-refractivity contribution in [3.63, 3.8) is 0 Å². The zero-order chi connectivity index (χ0) is 26.9. The summed E-state index contributed by atoms with van der Waals surface area (Å²) in [5.74, 6) is -0.310. The highest BCUT2D eigenvalue weighted by molar-refractivity contribution is 7.93. The molecule has 1 aliphatic heterocycles. The monoisotopic (exact) mass is 540 g/mol. The Hall–Kier alpha value is -3.67. The summed E-state index contributed by atoms with van der Waals surface area (Å²) < 4.78 is 56.2. The largest absolute Gasteiger partial charge is 0.588 e. The lowest BCUT2D eigenvalue weighted by molar-refractivity contribution is -0.142. The van der Waals surface area contributed by atoms with Crippen LogP contribution in [0.5, 0.6) is 0 Å². The molecule has 11 heteroatoms. The van der Waals surface area contributed by atoms with Crippen LogP contribution in [-0.2, 0) is 23.1 Å². The number of nitrogens with zero attached hydrogens (tertiary/aromatic N) is 3. The second-order valence-corrected chi connectivity index (χ2v) is 10.2. The maximum absolute atomic E-state index is 13.4. The summed E-state index contributed by atoms with van der Waals surface area (Å²) in [4.78, 5) is 23.2. The number of pyridine rings is 2. The molecule has 196 valence electrons. The first-order chi connectivity index (χ1) is 18.2. The SMILES string of the molecule is O=C(c1ccc(N[S+]([O-])c2cccc3cccnc23)cc1)N1CCC(O)(c2ncccc2C(F)(F)F)CC1. The molecule has 1 fully saturated rings. The second kappa shape index (κ2) is 10.2. The number of hydrogen-bond acceptors (Lipinski definition) is 6. The van der Waals surface area contributed by atoms with Gasteiger partial charge in [-0.3, -0.25) is 14.8 Å². The van der Waals surface area contributed by atoms with E-state index in [1.165, 1.54) is 17.2 Å². The standard InChI is InChI=1S/C27H23F3N4O3S/c28-27(29,30)21-6-3-15-32-24(21)26(36)12-16-34(17-13-26)25(35)19-8-10-20(11-9-19)33-38(37)22-7-1-4-18-5-2-14-31-23(18)22/h1-11,14-15,33,36H,12-13,16-17H2. The molecule has 38 heavy (non-hydrogen) atoms. The van der Waals surface area contributed by atoms with E-state index < -0.39 is 34.4 Å². The van der Waals surface area contributed by atoms with E-state index in [2.05, 4.69) is 14.7 Å². The number of rotatable bonds is 5. The molecule has 2 aromatic carbocycles. The molecular formula is C27H23F3N4O3S. The number of benzene rings is 2. The molecule has 1 saturated heterocycles. The number of alkyl halides is 3. The van der Waals surface area contributed by atoms with Gasteiger partial charge in [0.05, 0.1) is 16.9 Å². The van der Waals surface area contributed by atoms with Gasteiger partial charge in [-0.05, 0) is 61.4 Å². The van der Waals surface area contributed by atoms with Crippen LogP contribution in [0, 0.1) is 0 Å². The predicted octanol–water partition coefficient (Wildman–Crippen LogP) is 4.91. The summed E-state index contributed by atoms with van der Waals surface area (Å²) in [6.45, 7) is 0.141. The van der Waals surface area contributed by atoms with Crippen molar-refractivity contribution in [1.82, 2.24) is 14.9 Å². The van der Waals surface area contributed by atoms with E-state index in [-0.39, 0.29) is 31.8 Å². The van der Waals surface area contributed by atoms with Crippen LogP contribution in [-0.4, -0.2) is 43.5 Å². The quantitative estimate of drug-likeness (QED) is 0.349. The van der Waals surface area contributed by atoms with Crippen molar-refractivity contribution in [3.05, 3.63) is 95.9 Å². The maximum atomic E-state index is 13.4. The van der Waals surface area contributed by atoms with E-state index in [9.17, 15) is 27.6 Å². The zero-order valence-corrected chi connectivity index (χ0v) is 20.8. The Labute approximate surface area is 219 Å². The van der Waals surface area contributed by atoms with Crippen molar-refractivity contribution >= 4 is 33.9 Å². The first-order valence-electron chi connectivity index (χ1n) is 11.8. The highest BCUT2D eigenvalue weighted by Gasteiger charge is 2.44. The van der Waals surface area contributed by atoms with E-state index in [1.807, 2.05) is 12.1 Å². The van der Waals surface area contributed by atoms with Gasteiger partial charge < -0.3 is 14.6 Å². The number of halogens is 3. The molecule has 1 amide bonds. The smallest absolute Gasteiger partial charge is 0.418 e. The Kier molecular flexibility index (Phi) is 6.99. The van der Waals surface area contributed by atoms with Crippen molar-refractivity contribution in [1.29, 1.82) is 0 Å². The van der Waals surface area contributed by atoms with Crippen LogP contribution in [0.25, 0.3) is 10.9 Å². The zero-order valence-electron chi connectivity index (χ0n) is 20.0. The van der Waals surface area contributed by atoms with Crippen LogP contribution in [0.1, 0.15) is 34.5 Å². The molecule has 0 radical (unpaired) electrons. The number of carbonyl (C=O) groups is 1. The molecule has 1 atom stereocenters. The molecular weight excluding hydrogens is 517 g/mol. The van der Waals surface area contributed by atoms with Crippen molar-refractivity contribution in [2.24, 2.45) is 0 Å². The van der Waals surface area contributed by atoms with Crippen LogP contribution in [0.2, 0.25) is 0 Å². The number of amides is 1. The Bertz CT molecular complexity index is 1450. The van der Waals surface area contributed by atoms with Crippen LogP contribution in [0.3, 0.4) is 0 Å². The summed E-state index contributed by atoms with van der Waals surface area (Å²) in [5, 5.41) is 11.9. The number of hydrogen-bond donors (Lipinski definition) is 2. The first-order valence-corrected chi connectivity index (χ1v) is 13.0. The number of piperidine rings is 1. The van der Waals surface area contributed by atoms with Gasteiger partial charge in [0.1, 0.15) is 22.5 Å². The topological polar surface area (TPSA) is 101 Å². The predicted molar refractivity (Wildman–Crippen MR) is 136 cm³/mol. The van der Waals surface area contributed by atoms with Gasteiger partial charge in [0.2, 0.25) is 4.90 Å². The average molecular weight is 541 g/mol. The molecule has 1 aliphatic rings. The van der Waals surface area contributed by atoms with Crippen LogP contribution in [0.15, 0.2) is 84.0 Å². The van der Waals surface area contributed by atoms with E-state index in [1.54, 1.807) is 48.7 Å². The second-order valence-electron chi connectivity index (χ2n) is 9.00. The third-order valence-corrected chi connectivity index (χ3v) is 7.72. The Morgan fingerprint density at radius 3 is 2.34 bits per heavy atom. The van der Waals surface area contributed by atoms with E-state index in [0.29, 0.717) is 21.7 Å². The summed E-state index contributed by atoms with van der Waals surface area (Å²) in [5.41, 5.74) is -1.63. The molecule has 0 saturated carbocycles. The highest BCUT2D eigenvalue weighted by atomic mass is 32.2. The fourth-order valence-corrected chi connectivity index (χ4v) is 5.58. The van der Waals surface area contributed by atoms with Gasteiger partial charge in [0, 0.05) is 36.4 Å². The Morgan fingerprint density at radius 1 is 0.974 bits per heavy atom. The molecule has 5 rings (SSSR count). The lowest BCUT2D eigenvalue weighted by Crippen LogP contribution is -2.46. The third-order valence-electron chi connectivity index (χ3n) is 6.57. The molecule has 1 unspecified atom stereocenters. The van der Waals surface area contributed by atoms with Crippen LogP contribution in [0.4, 0.5) is 18.9 Å². The molecule has 4 aromatic rings. The van der Waals surface area contributed by atoms with E-state index in [4.69, 9.17) is 0 Å². The molecule has 0 aliphatic carbocycles. The molecule has 0 bridgehead atoms. The van der Waals surface area contributed by atoms with Crippen molar-refractivity contribution in [2.75, 3.05) is 17.8 Å². The fourth-order valence-electron chi connectivity index (χ4n) is 4.57. The van der Waals surface area contributed by atoms with Gasteiger partial charge in [0.25, 0.3) is 5.91 Å². The van der Waals surface area contributed by atoms with Gasteiger partial charge in [-0.1, -0.05) is 18.2 Å². The van der Waals surface area contributed by atoms with Gasteiger partial charge in [0.15, 0.2) is 0 Å². The normalized spacial score (nSPS) is 16.3. The minimum absolute atomic E-state index is 0.0707. The molecule has 7 nitrogen and oxygen atoms in total. The number of likely N-dealkylation sites (tertiary alicyclic amines) is 1. The fraction of sp³-hybridized carbons (Fsp3) is 0.222. The third kappa shape index (κ3) is 5.17. The molecule has 0 spiro atoms. The van der Waals surface area contributed by atoms with Crippen molar-refractivity contribution in [3.8, 4) is 0 Å². The minimum atomic E-state index is -4.64.